The van der Waals surface area contributed by atoms with Gasteiger partial charge in [-0.15, -0.1) is 0 Å². The molecule has 6 unspecified atom stereocenters. The zero-order valence-electron chi connectivity index (χ0n) is 14.1. The number of quaternary nitrogens is 1. The number of nitrogens with zero attached hydrogens (tertiary/aromatic N) is 2. The number of carbonyl (C=O) groups is 1. The number of benzene rings is 1. The summed E-state index contributed by atoms with van der Waals surface area (Å²) in [6, 6.07) is 7.78. The highest BCUT2D eigenvalue weighted by Crippen LogP contribution is 2.38. The fraction of sp³-hybridized carbons (Fsp3) is 0.556. The smallest absolute Gasteiger partial charge is 0.359 e. The highest BCUT2D eigenvalue weighted by atomic mass is 16.5. The third kappa shape index (κ3) is 2.38. The van der Waals surface area contributed by atoms with Crippen LogP contribution in [0.25, 0.3) is 10.9 Å². The van der Waals surface area contributed by atoms with Gasteiger partial charge >= 0.3 is 5.97 Å². The lowest BCUT2D eigenvalue weighted by molar-refractivity contribution is -0.888. The summed E-state index contributed by atoms with van der Waals surface area (Å²) in [6.07, 6.45) is 2.57. The molecule has 1 aromatic carbocycles. The summed E-state index contributed by atoms with van der Waals surface area (Å²) in [7, 11) is 1.83. The molecule has 2 N–H and O–H groups in total. The minimum atomic E-state index is -0.363. The molecule has 7 rings (SSSR count). The van der Waals surface area contributed by atoms with Crippen molar-refractivity contribution in [3.8, 4) is 0 Å². The highest BCUT2D eigenvalue weighted by molar-refractivity contribution is 6.02. The van der Waals surface area contributed by atoms with E-state index in [1.165, 1.54) is 0 Å². The van der Waals surface area contributed by atoms with Crippen molar-refractivity contribution in [2.24, 2.45) is 18.9 Å². The van der Waals surface area contributed by atoms with Crippen molar-refractivity contribution in [1.82, 2.24) is 15.1 Å². The second-order valence-corrected chi connectivity index (χ2v) is 7.68. The molecule has 7 nitrogen and oxygen atoms in total. The molecule has 25 heavy (non-hydrogen) atoms. The Balaban J connectivity index is 1.41. The van der Waals surface area contributed by atoms with Gasteiger partial charge < -0.3 is 15.0 Å². The number of aromatic nitrogens is 2. The van der Waals surface area contributed by atoms with Gasteiger partial charge in [-0.2, -0.15) is 5.10 Å². The molecule has 0 radical (unpaired) electrons. The van der Waals surface area contributed by atoms with Crippen LogP contribution < -0.4 is 10.4 Å². The fourth-order valence-electron chi connectivity index (χ4n) is 5.03. The Morgan fingerprint density at radius 1 is 1.36 bits per heavy atom. The molecule has 4 saturated heterocycles. The molecule has 1 saturated carbocycles. The van der Waals surface area contributed by atoms with Gasteiger partial charge in [0.25, 0.3) is 0 Å². The molecule has 5 heterocycles. The van der Waals surface area contributed by atoms with E-state index in [4.69, 9.17) is 4.74 Å². The van der Waals surface area contributed by atoms with Crippen LogP contribution in [0.4, 0.5) is 0 Å². The minimum absolute atomic E-state index is 0.0480. The van der Waals surface area contributed by atoms with Gasteiger partial charge in [0.15, 0.2) is 5.69 Å². The molecule has 5 aliphatic rings. The molecule has 7 heteroatoms. The van der Waals surface area contributed by atoms with E-state index in [1.54, 1.807) is 4.68 Å². The van der Waals surface area contributed by atoms with Crippen LogP contribution in [-0.4, -0.2) is 40.6 Å². The van der Waals surface area contributed by atoms with E-state index < -0.39 is 0 Å². The third-order valence-corrected chi connectivity index (χ3v) is 6.13. The number of fused-ring (bicyclic) bond motifs is 3. The van der Waals surface area contributed by atoms with Crippen LogP contribution in [0.1, 0.15) is 29.8 Å². The maximum atomic E-state index is 12.8. The lowest BCUT2D eigenvalue weighted by Crippen LogP contribution is -3.16. The number of nitrogens with one attached hydrogen (secondary N) is 2. The van der Waals surface area contributed by atoms with E-state index >= 15 is 0 Å². The summed E-state index contributed by atoms with van der Waals surface area (Å²) >= 11 is 0. The van der Waals surface area contributed by atoms with Crippen molar-refractivity contribution in [2.45, 2.75) is 37.6 Å². The molecule has 5 fully saturated rings. The average molecular weight is 342 g/mol. The number of para-hydroxylation sites is 1. The number of esters is 1. The minimum Gasteiger partial charge on any atom is -0.633 e. The molecule has 4 bridgehead atoms. The number of ether oxygens (including phenoxy) is 1. The Hall–Kier alpha value is -1.96. The number of hydrogen-bond donors (Lipinski definition) is 2. The molecule has 2 aromatic rings. The van der Waals surface area contributed by atoms with E-state index in [1.807, 2.05) is 31.3 Å². The molecule has 0 amide bonds. The molecule has 132 valence electrons. The summed E-state index contributed by atoms with van der Waals surface area (Å²) in [6.45, 7) is 0.624. The fourth-order valence-corrected chi connectivity index (χ4v) is 5.03. The van der Waals surface area contributed by atoms with Crippen molar-refractivity contribution in [3.63, 3.8) is 0 Å². The first kappa shape index (κ1) is 15.3. The summed E-state index contributed by atoms with van der Waals surface area (Å²) < 4.78 is 7.62. The largest absolute Gasteiger partial charge is 0.633 e. The first-order valence-corrected chi connectivity index (χ1v) is 9.01. The standard InChI is InChI=1S/C18H22N4O3/c1-21-13-5-3-2-4-12(13)17(20-21)18(23)25-14-7-10-6-11-9-22(24)15(8-10)19-16(11)14/h2-5,10-11,14-16,19,22H,6-9H2,1H3. The third-order valence-electron chi connectivity index (χ3n) is 6.13. The first-order chi connectivity index (χ1) is 12.1. The Labute approximate surface area is 145 Å². The van der Waals surface area contributed by atoms with E-state index in [2.05, 4.69) is 10.4 Å². The van der Waals surface area contributed by atoms with Crippen LogP contribution in [0.15, 0.2) is 24.3 Å². The van der Waals surface area contributed by atoms with E-state index in [0.29, 0.717) is 29.1 Å². The van der Waals surface area contributed by atoms with Gasteiger partial charge in [-0.05, 0) is 24.8 Å². The van der Waals surface area contributed by atoms with Gasteiger partial charge in [-0.25, -0.2) is 4.79 Å². The molecule has 4 aliphatic heterocycles. The first-order valence-electron chi connectivity index (χ1n) is 9.01. The topological polar surface area (TPSA) is 83.7 Å². The van der Waals surface area contributed by atoms with Crippen LogP contribution in [-0.2, 0) is 11.8 Å². The number of carbonyl (C=O) groups excluding carboxylic acids is 1. The molecule has 1 aromatic heterocycles. The highest BCUT2D eigenvalue weighted by Gasteiger charge is 2.50. The molecule has 6 atom stereocenters. The number of hydrogen-bond acceptors (Lipinski definition) is 5. The SMILES string of the molecule is Cn1nc(C(=O)OC2CC3CC4C[NH+]([O-])C(C3)NC42)c2ccccc21. The molecule has 1 aliphatic carbocycles. The van der Waals surface area contributed by atoms with Crippen LogP contribution in [0, 0.1) is 17.0 Å². The predicted octanol–water partition coefficient (Wildman–Crippen LogP) is 0.209. The second-order valence-electron chi connectivity index (χ2n) is 7.68. The van der Waals surface area contributed by atoms with Crippen LogP contribution >= 0.6 is 0 Å². The van der Waals surface area contributed by atoms with E-state index in [9.17, 15) is 10.0 Å². The summed E-state index contributed by atoms with van der Waals surface area (Å²) in [5, 5.41) is 21.1. The van der Waals surface area contributed by atoms with Crippen LogP contribution in [0.5, 0.6) is 0 Å². The molecule has 0 spiro atoms. The van der Waals surface area contributed by atoms with Crippen LogP contribution in [0.2, 0.25) is 0 Å². The lowest BCUT2D eigenvalue weighted by atomic mass is 9.77. The van der Waals surface area contributed by atoms with Crippen molar-refractivity contribution < 1.29 is 14.6 Å². The summed E-state index contributed by atoms with van der Waals surface area (Å²) in [5.41, 5.74) is 1.29. The second kappa shape index (κ2) is 5.52. The predicted molar refractivity (Wildman–Crippen MR) is 90.7 cm³/mol. The van der Waals surface area contributed by atoms with Crippen LogP contribution in [0.3, 0.4) is 0 Å². The van der Waals surface area contributed by atoms with Crippen molar-refractivity contribution in [1.29, 1.82) is 0 Å². The monoisotopic (exact) mass is 342 g/mol. The Morgan fingerprint density at radius 3 is 3.08 bits per heavy atom. The normalized spacial score (nSPS) is 36.6. The summed E-state index contributed by atoms with van der Waals surface area (Å²) in [4.78, 5) is 12.8. The zero-order chi connectivity index (χ0) is 17.1. The Morgan fingerprint density at radius 2 is 2.20 bits per heavy atom. The van der Waals surface area contributed by atoms with Crippen molar-refractivity contribution in [3.05, 3.63) is 35.2 Å². The zero-order valence-corrected chi connectivity index (χ0v) is 14.1. The van der Waals surface area contributed by atoms with Gasteiger partial charge in [0, 0.05) is 24.8 Å². The Bertz CT molecular complexity index is 833. The lowest BCUT2D eigenvalue weighted by Gasteiger charge is -2.44. The van der Waals surface area contributed by atoms with Crippen molar-refractivity contribution >= 4 is 16.9 Å². The van der Waals surface area contributed by atoms with Gasteiger partial charge in [0.05, 0.1) is 18.1 Å². The number of aryl methyl sites for hydroxylation is 1. The maximum absolute atomic E-state index is 12.8. The van der Waals surface area contributed by atoms with Gasteiger partial charge in [-0.3, -0.25) is 10.00 Å². The maximum Gasteiger partial charge on any atom is 0.359 e. The molecular formula is C18H22N4O3. The number of hydroxylamine groups is 2. The van der Waals surface area contributed by atoms with E-state index in [-0.39, 0.29) is 24.3 Å². The number of rotatable bonds is 2. The van der Waals surface area contributed by atoms with Crippen molar-refractivity contribution in [2.75, 3.05) is 6.54 Å². The molecular weight excluding hydrogens is 320 g/mol. The summed E-state index contributed by atoms with van der Waals surface area (Å²) in [5.74, 6) is 0.396. The quantitative estimate of drug-likeness (QED) is 0.602. The van der Waals surface area contributed by atoms with Gasteiger partial charge in [0.1, 0.15) is 12.3 Å². The van der Waals surface area contributed by atoms with E-state index in [0.717, 1.165) is 30.2 Å². The van der Waals surface area contributed by atoms with Gasteiger partial charge in [0.2, 0.25) is 0 Å². The Kier molecular flexibility index (Phi) is 3.38. The van der Waals surface area contributed by atoms with Gasteiger partial charge in [-0.1, -0.05) is 18.2 Å². The average Bonchev–Trinajstić information content (AvgIpc) is 2.72.